The van der Waals surface area contributed by atoms with Crippen LogP contribution in [-0.2, 0) is 16.6 Å². The van der Waals surface area contributed by atoms with Gasteiger partial charge in [0.2, 0.25) is 5.91 Å². The summed E-state index contributed by atoms with van der Waals surface area (Å²) in [7, 11) is 1.88. The molecule has 27 heavy (non-hydrogen) atoms. The van der Waals surface area contributed by atoms with Gasteiger partial charge in [0.15, 0.2) is 28.6 Å². The van der Waals surface area contributed by atoms with Crippen LogP contribution in [0, 0.1) is 0 Å². The van der Waals surface area contributed by atoms with E-state index in [1.807, 2.05) is 47.7 Å². The molecule has 0 radical (unpaired) electrons. The zero-order valence-electron chi connectivity index (χ0n) is 15.3. The molecule has 1 aromatic heterocycles. The normalized spacial score (nSPS) is 20.4. The Balaban J connectivity index is 1.44. The van der Waals surface area contributed by atoms with E-state index in [4.69, 9.17) is 14.2 Å². The van der Waals surface area contributed by atoms with Crippen LogP contribution in [0.25, 0.3) is 0 Å². The number of para-hydroxylation sites is 2. The van der Waals surface area contributed by atoms with E-state index in [2.05, 4.69) is 10.2 Å². The van der Waals surface area contributed by atoms with Gasteiger partial charge < -0.3 is 23.7 Å². The zero-order chi connectivity index (χ0) is 18.8. The Hall–Kier alpha value is -2.26. The number of hydrogen-bond donors (Lipinski definition) is 0. The average Bonchev–Trinajstić information content (AvgIpc) is 3.08. The first-order chi connectivity index (χ1) is 13.1. The summed E-state index contributed by atoms with van der Waals surface area (Å²) in [4.78, 5) is 14.4. The summed E-state index contributed by atoms with van der Waals surface area (Å²) in [6, 6.07) is 7.56. The second-order valence-electron chi connectivity index (χ2n) is 6.46. The minimum atomic E-state index is -0.336. The highest BCUT2D eigenvalue weighted by molar-refractivity contribution is 8.00. The zero-order valence-corrected chi connectivity index (χ0v) is 16.1. The van der Waals surface area contributed by atoms with Gasteiger partial charge in [0.05, 0.1) is 18.5 Å². The molecule has 0 N–H and O–H groups in total. The van der Waals surface area contributed by atoms with Crippen LogP contribution < -0.4 is 9.47 Å². The molecule has 3 heterocycles. The maximum Gasteiger partial charge on any atom is 0.236 e. The van der Waals surface area contributed by atoms with Crippen molar-refractivity contribution in [2.24, 2.45) is 7.05 Å². The topological polar surface area (TPSA) is 78.7 Å². The largest absolute Gasteiger partial charge is 0.485 e. The molecule has 2 atom stereocenters. The smallest absolute Gasteiger partial charge is 0.236 e. The molecule has 1 fully saturated rings. The van der Waals surface area contributed by atoms with Gasteiger partial charge in [0.25, 0.3) is 0 Å². The molecule has 1 amide bonds. The van der Waals surface area contributed by atoms with Crippen LogP contribution >= 0.6 is 11.8 Å². The molecular weight excluding hydrogens is 368 g/mol. The van der Waals surface area contributed by atoms with Gasteiger partial charge in [-0.2, -0.15) is 0 Å². The van der Waals surface area contributed by atoms with Crippen LogP contribution in [0.5, 0.6) is 11.5 Å². The molecule has 144 valence electrons. The third-order valence-electron chi connectivity index (χ3n) is 4.62. The van der Waals surface area contributed by atoms with Gasteiger partial charge >= 0.3 is 0 Å². The van der Waals surface area contributed by atoms with Gasteiger partial charge in [-0.05, 0) is 19.1 Å². The van der Waals surface area contributed by atoms with Crippen molar-refractivity contribution in [2.45, 2.75) is 23.4 Å². The number of rotatable bonds is 4. The molecular formula is C18H22N4O4S. The molecule has 0 spiro atoms. The number of nitrogens with zero attached hydrogens (tertiary/aromatic N) is 4. The number of benzene rings is 1. The van der Waals surface area contributed by atoms with Crippen molar-refractivity contribution in [1.29, 1.82) is 0 Å². The van der Waals surface area contributed by atoms with Crippen molar-refractivity contribution >= 4 is 17.7 Å². The molecule has 0 bridgehead atoms. The fourth-order valence-electron chi connectivity index (χ4n) is 3.11. The van der Waals surface area contributed by atoms with Gasteiger partial charge in [0, 0.05) is 20.1 Å². The van der Waals surface area contributed by atoms with E-state index in [0.29, 0.717) is 49.6 Å². The summed E-state index contributed by atoms with van der Waals surface area (Å²) in [6.45, 7) is 4.74. The van der Waals surface area contributed by atoms with Crippen LogP contribution in [0.2, 0.25) is 0 Å². The molecule has 0 aliphatic carbocycles. The number of morpholine rings is 1. The lowest BCUT2D eigenvalue weighted by molar-refractivity contribution is -0.134. The number of carbonyl (C=O) groups excluding carboxylic acids is 1. The highest BCUT2D eigenvalue weighted by Gasteiger charge is 2.29. The fraction of sp³-hybridized carbons (Fsp3) is 0.500. The van der Waals surface area contributed by atoms with Crippen molar-refractivity contribution in [3.63, 3.8) is 0 Å². The summed E-state index contributed by atoms with van der Waals surface area (Å²) in [6.07, 6.45) is -0.336. The van der Waals surface area contributed by atoms with Crippen molar-refractivity contribution in [1.82, 2.24) is 19.7 Å². The van der Waals surface area contributed by atoms with E-state index in [0.717, 1.165) is 5.75 Å². The molecule has 8 nitrogen and oxygen atoms in total. The number of thioether (sulfide) groups is 1. The lowest BCUT2D eigenvalue weighted by Gasteiger charge is -2.29. The van der Waals surface area contributed by atoms with Gasteiger partial charge in [-0.25, -0.2) is 0 Å². The van der Waals surface area contributed by atoms with Gasteiger partial charge in [-0.15, -0.1) is 10.2 Å². The van der Waals surface area contributed by atoms with Crippen LogP contribution in [0.3, 0.4) is 0 Å². The molecule has 2 aliphatic heterocycles. The van der Waals surface area contributed by atoms with E-state index in [1.165, 1.54) is 11.8 Å². The molecule has 2 aliphatic rings. The molecule has 0 unspecified atom stereocenters. The summed E-state index contributed by atoms with van der Waals surface area (Å²) in [5, 5.41) is 8.97. The molecule has 1 saturated heterocycles. The second kappa shape index (κ2) is 7.77. The van der Waals surface area contributed by atoms with E-state index < -0.39 is 0 Å². The maximum atomic E-state index is 12.6. The maximum absolute atomic E-state index is 12.6. The first-order valence-corrected chi connectivity index (χ1v) is 9.82. The fourth-order valence-corrected chi connectivity index (χ4v) is 4.01. The van der Waals surface area contributed by atoms with Crippen molar-refractivity contribution in [3.8, 4) is 11.5 Å². The summed E-state index contributed by atoms with van der Waals surface area (Å²) in [5.41, 5.74) is 0. The molecule has 2 aromatic rings. The highest BCUT2D eigenvalue weighted by Crippen LogP contribution is 2.36. The summed E-state index contributed by atoms with van der Waals surface area (Å²) < 4.78 is 19.0. The quantitative estimate of drug-likeness (QED) is 0.735. The predicted molar refractivity (Wildman–Crippen MR) is 99.0 cm³/mol. The number of ether oxygens (including phenoxy) is 3. The third kappa shape index (κ3) is 3.74. The van der Waals surface area contributed by atoms with E-state index in [9.17, 15) is 4.79 Å². The Morgan fingerprint density at radius 2 is 1.96 bits per heavy atom. The van der Waals surface area contributed by atoms with Crippen molar-refractivity contribution in [2.75, 3.05) is 32.9 Å². The Bertz CT molecular complexity index is 821. The monoisotopic (exact) mass is 390 g/mol. The number of amides is 1. The Morgan fingerprint density at radius 1 is 1.22 bits per heavy atom. The predicted octanol–water partition coefficient (Wildman–Crippen LogP) is 1.67. The Morgan fingerprint density at radius 3 is 2.74 bits per heavy atom. The molecule has 4 rings (SSSR count). The van der Waals surface area contributed by atoms with E-state index in [1.54, 1.807) is 0 Å². The standard InChI is InChI=1S/C18H22N4O4S/c1-12(17(23)22-7-9-24-10-8-22)27-18-20-19-16(21(18)2)15-11-25-13-5-3-4-6-14(13)26-15/h3-6,12,15H,7-11H2,1-2H3/t12-,15-/m1/s1. The Kier molecular flexibility index (Phi) is 5.22. The minimum absolute atomic E-state index is 0.0963. The number of fused-ring (bicyclic) bond motifs is 1. The first-order valence-electron chi connectivity index (χ1n) is 8.94. The number of hydrogen-bond acceptors (Lipinski definition) is 7. The van der Waals surface area contributed by atoms with Crippen LogP contribution in [0.4, 0.5) is 0 Å². The van der Waals surface area contributed by atoms with Crippen LogP contribution in [0.15, 0.2) is 29.4 Å². The van der Waals surface area contributed by atoms with Crippen LogP contribution in [-0.4, -0.2) is 63.7 Å². The van der Waals surface area contributed by atoms with Crippen LogP contribution in [0.1, 0.15) is 18.9 Å². The molecule has 0 saturated carbocycles. The van der Waals surface area contributed by atoms with Crippen molar-refractivity contribution < 1.29 is 19.0 Å². The van der Waals surface area contributed by atoms with Gasteiger partial charge in [-0.1, -0.05) is 23.9 Å². The molecule has 9 heteroatoms. The molecule has 1 aromatic carbocycles. The van der Waals surface area contributed by atoms with Gasteiger partial charge in [0.1, 0.15) is 6.61 Å². The van der Waals surface area contributed by atoms with Gasteiger partial charge in [-0.3, -0.25) is 4.79 Å². The highest BCUT2D eigenvalue weighted by atomic mass is 32.2. The summed E-state index contributed by atoms with van der Waals surface area (Å²) >= 11 is 1.40. The Labute approximate surface area is 161 Å². The summed E-state index contributed by atoms with van der Waals surface area (Å²) in [5.74, 6) is 2.20. The van der Waals surface area contributed by atoms with Crippen molar-refractivity contribution in [3.05, 3.63) is 30.1 Å². The minimum Gasteiger partial charge on any atom is -0.485 e. The van der Waals surface area contributed by atoms with E-state index in [-0.39, 0.29) is 17.3 Å². The lowest BCUT2D eigenvalue weighted by atomic mass is 10.2. The lowest BCUT2D eigenvalue weighted by Crippen LogP contribution is -2.44. The average molecular weight is 390 g/mol. The number of carbonyl (C=O) groups is 1. The third-order valence-corrected chi connectivity index (χ3v) is 5.74. The SMILES string of the molecule is C[C@@H](Sc1nnc([C@H]2COc3ccccc3O2)n1C)C(=O)N1CCOCC1. The first kappa shape index (κ1) is 18.1. The van der Waals surface area contributed by atoms with E-state index >= 15 is 0 Å². The number of aromatic nitrogens is 3. The second-order valence-corrected chi connectivity index (χ2v) is 7.77.